The molecule has 0 radical (unpaired) electrons. The second kappa shape index (κ2) is 4.81. The maximum atomic E-state index is 3.62. The maximum absolute atomic E-state index is 3.62. The van der Waals surface area contributed by atoms with Crippen LogP contribution in [0.1, 0.15) is 26.7 Å². The Hall–Kier alpha value is -0.120. The minimum atomic E-state index is 0.693. The first kappa shape index (κ1) is 11.4. The molecule has 2 rings (SSSR count). The van der Waals surface area contributed by atoms with Gasteiger partial charge in [0, 0.05) is 44.3 Å². The Balaban J connectivity index is 1.87. The van der Waals surface area contributed by atoms with E-state index in [0.717, 1.165) is 6.04 Å². The molecular formula is C12H25N3. The van der Waals surface area contributed by atoms with Crippen molar-refractivity contribution in [1.29, 1.82) is 0 Å². The molecule has 2 aliphatic heterocycles. The fourth-order valence-corrected chi connectivity index (χ4v) is 3.02. The number of nitrogens with one attached hydrogen (secondary N) is 1. The zero-order valence-electron chi connectivity index (χ0n) is 10.4. The number of rotatable bonds is 1. The summed E-state index contributed by atoms with van der Waals surface area (Å²) < 4.78 is 0. The van der Waals surface area contributed by atoms with Gasteiger partial charge < -0.3 is 10.2 Å². The van der Waals surface area contributed by atoms with Crippen molar-refractivity contribution in [3.8, 4) is 0 Å². The van der Waals surface area contributed by atoms with Gasteiger partial charge in [0.25, 0.3) is 0 Å². The molecule has 0 spiro atoms. The van der Waals surface area contributed by atoms with Gasteiger partial charge in [0.15, 0.2) is 0 Å². The number of nitrogens with zero attached hydrogens (tertiary/aromatic N) is 2. The van der Waals surface area contributed by atoms with Crippen LogP contribution in [0.2, 0.25) is 0 Å². The lowest BCUT2D eigenvalue weighted by molar-refractivity contribution is 0.0774. The summed E-state index contributed by atoms with van der Waals surface area (Å²) in [5.41, 5.74) is 0. The lowest BCUT2D eigenvalue weighted by atomic mass is 9.93. The van der Waals surface area contributed by atoms with Gasteiger partial charge in [-0.05, 0) is 33.7 Å². The molecule has 0 aromatic rings. The van der Waals surface area contributed by atoms with E-state index in [2.05, 4.69) is 36.0 Å². The summed E-state index contributed by atoms with van der Waals surface area (Å²) in [7, 11) is 2.23. The molecular weight excluding hydrogens is 186 g/mol. The molecule has 3 nitrogen and oxygen atoms in total. The molecule has 0 bridgehead atoms. The topological polar surface area (TPSA) is 18.5 Å². The van der Waals surface area contributed by atoms with Crippen LogP contribution in [0.25, 0.3) is 0 Å². The highest BCUT2D eigenvalue weighted by atomic mass is 15.3. The predicted octanol–water partition coefficient (Wildman–Crippen LogP) is 0.763. The van der Waals surface area contributed by atoms with E-state index in [0.29, 0.717) is 12.1 Å². The first-order valence-corrected chi connectivity index (χ1v) is 6.34. The van der Waals surface area contributed by atoms with Gasteiger partial charge in [-0.15, -0.1) is 0 Å². The Morgan fingerprint density at radius 1 is 0.933 bits per heavy atom. The molecule has 2 unspecified atom stereocenters. The van der Waals surface area contributed by atoms with Crippen LogP contribution >= 0.6 is 0 Å². The number of hydrogen-bond donors (Lipinski definition) is 1. The Kier molecular flexibility index (Phi) is 3.65. The third-order valence-corrected chi connectivity index (χ3v) is 3.87. The molecule has 2 fully saturated rings. The first-order valence-electron chi connectivity index (χ1n) is 6.34. The van der Waals surface area contributed by atoms with E-state index in [9.17, 15) is 0 Å². The molecule has 0 aromatic heterocycles. The lowest BCUT2D eigenvalue weighted by Gasteiger charge is -2.43. The van der Waals surface area contributed by atoms with Gasteiger partial charge in [-0.1, -0.05) is 0 Å². The molecule has 0 aliphatic carbocycles. The molecule has 3 heteroatoms. The molecule has 1 N–H and O–H groups in total. The van der Waals surface area contributed by atoms with Crippen LogP contribution in [-0.2, 0) is 0 Å². The van der Waals surface area contributed by atoms with Crippen LogP contribution in [0.4, 0.5) is 0 Å². The number of hydrogen-bond acceptors (Lipinski definition) is 3. The van der Waals surface area contributed by atoms with Gasteiger partial charge in [-0.25, -0.2) is 0 Å². The summed E-state index contributed by atoms with van der Waals surface area (Å²) >= 11 is 0. The highest BCUT2D eigenvalue weighted by Crippen LogP contribution is 2.20. The number of piperidine rings is 1. The quantitative estimate of drug-likeness (QED) is 0.691. The standard InChI is InChI=1S/C12H25N3/c1-10-8-12(9-11(2)13-10)15-6-4-14(3)5-7-15/h10-13H,4-9H2,1-3H3. The van der Waals surface area contributed by atoms with Crippen molar-refractivity contribution in [2.45, 2.75) is 44.8 Å². The van der Waals surface area contributed by atoms with Crippen LogP contribution in [0.15, 0.2) is 0 Å². The van der Waals surface area contributed by atoms with Crippen LogP contribution in [0.5, 0.6) is 0 Å². The van der Waals surface area contributed by atoms with E-state index < -0.39 is 0 Å². The Labute approximate surface area is 93.8 Å². The average molecular weight is 211 g/mol. The molecule has 0 aromatic carbocycles. The molecule has 0 amide bonds. The summed E-state index contributed by atoms with van der Waals surface area (Å²) in [5, 5.41) is 3.62. The highest BCUT2D eigenvalue weighted by molar-refractivity contribution is 4.88. The van der Waals surface area contributed by atoms with E-state index >= 15 is 0 Å². The van der Waals surface area contributed by atoms with Gasteiger partial charge in [-0.3, -0.25) is 4.90 Å². The second-order valence-corrected chi connectivity index (χ2v) is 5.43. The van der Waals surface area contributed by atoms with E-state index in [1.54, 1.807) is 0 Å². The van der Waals surface area contributed by atoms with Gasteiger partial charge in [-0.2, -0.15) is 0 Å². The Morgan fingerprint density at radius 3 is 2.00 bits per heavy atom. The van der Waals surface area contributed by atoms with Crippen molar-refractivity contribution in [2.24, 2.45) is 0 Å². The number of piperazine rings is 1. The maximum Gasteiger partial charge on any atom is 0.0126 e. The third-order valence-electron chi connectivity index (χ3n) is 3.87. The minimum Gasteiger partial charge on any atom is -0.312 e. The zero-order chi connectivity index (χ0) is 10.8. The summed E-state index contributed by atoms with van der Waals surface area (Å²) in [6, 6.07) is 2.21. The third kappa shape index (κ3) is 2.92. The fourth-order valence-electron chi connectivity index (χ4n) is 3.02. The van der Waals surface area contributed by atoms with Crippen molar-refractivity contribution in [3.05, 3.63) is 0 Å². The number of likely N-dealkylation sites (N-methyl/N-ethyl adjacent to an activating group) is 1. The van der Waals surface area contributed by atoms with Gasteiger partial charge in [0.2, 0.25) is 0 Å². The van der Waals surface area contributed by atoms with Gasteiger partial charge in [0.1, 0.15) is 0 Å². The molecule has 0 saturated carbocycles. The van der Waals surface area contributed by atoms with Crippen molar-refractivity contribution in [3.63, 3.8) is 0 Å². The summed E-state index contributed by atoms with van der Waals surface area (Å²) in [5.74, 6) is 0. The monoisotopic (exact) mass is 211 g/mol. The molecule has 2 aliphatic rings. The van der Waals surface area contributed by atoms with Crippen LogP contribution in [0.3, 0.4) is 0 Å². The SMILES string of the molecule is CC1CC(N2CCN(C)CC2)CC(C)N1. The van der Waals surface area contributed by atoms with Crippen molar-refractivity contribution < 1.29 is 0 Å². The van der Waals surface area contributed by atoms with Crippen LogP contribution in [0, 0.1) is 0 Å². The lowest BCUT2D eigenvalue weighted by Crippen LogP contribution is -2.55. The minimum absolute atomic E-state index is 0.693. The van der Waals surface area contributed by atoms with Crippen molar-refractivity contribution in [1.82, 2.24) is 15.1 Å². The molecule has 15 heavy (non-hydrogen) atoms. The Bertz CT molecular complexity index is 189. The molecule has 2 saturated heterocycles. The summed E-state index contributed by atoms with van der Waals surface area (Å²) in [6.07, 6.45) is 2.65. The van der Waals surface area contributed by atoms with E-state index in [4.69, 9.17) is 0 Å². The van der Waals surface area contributed by atoms with Crippen molar-refractivity contribution >= 4 is 0 Å². The molecule has 88 valence electrons. The van der Waals surface area contributed by atoms with E-state index in [1.165, 1.54) is 39.0 Å². The fraction of sp³-hybridized carbons (Fsp3) is 1.00. The summed E-state index contributed by atoms with van der Waals surface area (Å²) in [6.45, 7) is 9.65. The van der Waals surface area contributed by atoms with Gasteiger partial charge in [0.05, 0.1) is 0 Å². The van der Waals surface area contributed by atoms with E-state index in [1.807, 2.05) is 0 Å². The zero-order valence-corrected chi connectivity index (χ0v) is 10.4. The van der Waals surface area contributed by atoms with E-state index in [-0.39, 0.29) is 0 Å². The first-order chi connectivity index (χ1) is 7.15. The van der Waals surface area contributed by atoms with Crippen molar-refractivity contribution in [2.75, 3.05) is 33.2 Å². The van der Waals surface area contributed by atoms with Gasteiger partial charge >= 0.3 is 0 Å². The largest absolute Gasteiger partial charge is 0.312 e. The predicted molar refractivity (Wildman–Crippen MR) is 64.2 cm³/mol. The molecule has 2 atom stereocenters. The normalized spacial score (nSPS) is 40.6. The van der Waals surface area contributed by atoms with Crippen LogP contribution < -0.4 is 5.32 Å². The Morgan fingerprint density at radius 2 is 1.47 bits per heavy atom. The molecule has 2 heterocycles. The second-order valence-electron chi connectivity index (χ2n) is 5.43. The smallest absolute Gasteiger partial charge is 0.0126 e. The summed E-state index contributed by atoms with van der Waals surface area (Å²) in [4.78, 5) is 5.14. The highest BCUT2D eigenvalue weighted by Gasteiger charge is 2.29. The average Bonchev–Trinajstić information content (AvgIpc) is 2.17. The van der Waals surface area contributed by atoms with Crippen LogP contribution in [-0.4, -0.2) is 61.2 Å².